The smallest absolute Gasteiger partial charge is 0.255 e. The fourth-order valence-corrected chi connectivity index (χ4v) is 1.63. The fourth-order valence-electron chi connectivity index (χ4n) is 1.63. The number of nitrogen functional groups attached to an aromatic ring is 1. The number of anilines is 1. The van der Waals surface area contributed by atoms with Gasteiger partial charge in [-0.25, -0.2) is 0 Å². The summed E-state index contributed by atoms with van der Waals surface area (Å²) in [5.74, 6) is -0.528. The summed E-state index contributed by atoms with van der Waals surface area (Å²) in [4.78, 5) is 11.8. The van der Waals surface area contributed by atoms with Crippen molar-refractivity contribution < 1.29 is 9.90 Å². The number of nitrogens with two attached hydrogens (primary N) is 1. The summed E-state index contributed by atoms with van der Waals surface area (Å²) in [5, 5.41) is 19.9. The molecule has 0 saturated heterocycles. The summed E-state index contributed by atoms with van der Waals surface area (Å²) in [7, 11) is 0. The predicted molar refractivity (Wildman–Crippen MR) is 69.5 cm³/mol. The van der Waals surface area contributed by atoms with E-state index < -0.39 is 0 Å². The number of para-hydroxylation sites is 1. The molecule has 1 aromatic carbocycles. The van der Waals surface area contributed by atoms with E-state index in [1.54, 1.807) is 23.1 Å². The lowest BCUT2D eigenvalue weighted by atomic mass is 10.1. The van der Waals surface area contributed by atoms with Crippen LogP contribution in [0, 0.1) is 0 Å². The third-order valence-electron chi connectivity index (χ3n) is 2.63. The Kier molecular flexibility index (Phi) is 3.97. The Morgan fingerprint density at radius 2 is 2.32 bits per heavy atom. The number of amides is 1. The van der Waals surface area contributed by atoms with E-state index in [1.165, 1.54) is 12.1 Å². The molecule has 100 valence electrons. The summed E-state index contributed by atoms with van der Waals surface area (Å²) in [5.41, 5.74) is 5.90. The molecule has 2 aromatic rings. The Morgan fingerprint density at radius 3 is 3.05 bits per heavy atom. The molecule has 0 fully saturated rings. The van der Waals surface area contributed by atoms with Gasteiger partial charge in [-0.1, -0.05) is 11.3 Å². The number of aromatic nitrogens is 3. The minimum absolute atomic E-state index is 0.181. The third kappa shape index (κ3) is 3.21. The zero-order valence-electron chi connectivity index (χ0n) is 10.3. The lowest BCUT2D eigenvalue weighted by Crippen LogP contribution is -2.25. The number of phenols is 1. The number of carbonyl (C=O) groups is 1. The minimum atomic E-state index is -0.344. The van der Waals surface area contributed by atoms with E-state index in [0.29, 0.717) is 13.1 Å². The van der Waals surface area contributed by atoms with Gasteiger partial charge in [0.15, 0.2) is 5.75 Å². The number of hydrogen-bond donors (Lipinski definition) is 3. The van der Waals surface area contributed by atoms with Crippen molar-refractivity contribution in [3.8, 4) is 5.75 Å². The van der Waals surface area contributed by atoms with Crippen LogP contribution in [0.1, 0.15) is 16.8 Å². The van der Waals surface area contributed by atoms with Crippen molar-refractivity contribution in [1.82, 2.24) is 20.3 Å². The van der Waals surface area contributed by atoms with Crippen molar-refractivity contribution in [1.29, 1.82) is 0 Å². The Balaban J connectivity index is 1.83. The first-order chi connectivity index (χ1) is 9.18. The van der Waals surface area contributed by atoms with Crippen LogP contribution in [0.3, 0.4) is 0 Å². The molecule has 0 saturated carbocycles. The van der Waals surface area contributed by atoms with Gasteiger partial charge in [-0.2, -0.15) is 0 Å². The van der Waals surface area contributed by atoms with E-state index in [2.05, 4.69) is 15.6 Å². The zero-order valence-corrected chi connectivity index (χ0v) is 10.3. The summed E-state index contributed by atoms with van der Waals surface area (Å²) in [6.45, 7) is 1.15. The molecule has 7 heteroatoms. The van der Waals surface area contributed by atoms with Gasteiger partial charge in [-0.05, 0) is 18.6 Å². The molecule has 2 rings (SSSR count). The van der Waals surface area contributed by atoms with Crippen LogP contribution in [0.4, 0.5) is 5.69 Å². The number of carbonyl (C=O) groups excluding carboxylic acids is 1. The highest BCUT2D eigenvalue weighted by Gasteiger charge is 2.11. The van der Waals surface area contributed by atoms with Crippen LogP contribution < -0.4 is 11.1 Å². The highest BCUT2D eigenvalue weighted by molar-refractivity contribution is 5.98. The third-order valence-corrected chi connectivity index (χ3v) is 2.63. The molecule has 0 unspecified atom stereocenters. The molecule has 0 aliphatic carbocycles. The van der Waals surface area contributed by atoms with Crippen LogP contribution in [-0.2, 0) is 6.54 Å². The standard InChI is InChI=1S/C12H15N5O2/c13-10-4-1-3-9(11(10)18)12(19)14-5-2-7-17-8-6-15-16-17/h1,3-4,6,8,18H,2,5,7,13H2,(H,14,19). The van der Waals surface area contributed by atoms with Gasteiger partial charge in [0, 0.05) is 19.3 Å². The van der Waals surface area contributed by atoms with Crippen molar-refractivity contribution in [3.05, 3.63) is 36.2 Å². The van der Waals surface area contributed by atoms with Crippen LogP contribution in [0.2, 0.25) is 0 Å². The molecule has 0 radical (unpaired) electrons. The van der Waals surface area contributed by atoms with Crippen molar-refractivity contribution in [2.24, 2.45) is 0 Å². The maximum absolute atomic E-state index is 11.8. The molecule has 0 spiro atoms. The molecule has 7 nitrogen and oxygen atoms in total. The molecular weight excluding hydrogens is 246 g/mol. The molecule has 0 aliphatic rings. The van der Waals surface area contributed by atoms with Gasteiger partial charge in [0.05, 0.1) is 17.4 Å². The molecule has 19 heavy (non-hydrogen) atoms. The number of rotatable bonds is 5. The van der Waals surface area contributed by atoms with Gasteiger partial charge in [-0.3, -0.25) is 9.48 Å². The van der Waals surface area contributed by atoms with Crippen LogP contribution in [-0.4, -0.2) is 32.6 Å². The summed E-state index contributed by atoms with van der Waals surface area (Å²) >= 11 is 0. The molecule has 4 N–H and O–H groups in total. The molecule has 0 atom stereocenters. The normalized spacial score (nSPS) is 10.3. The molecule has 1 amide bonds. The second-order valence-electron chi connectivity index (χ2n) is 4.02. The Bertz CT molecular complexity index is 553. The molecule has 0 aliphatic heterocycles. The van der Waals surface area contributed by atoms with Gasteiger partial charge in [-0.15, -0.1) is 5.10 Å². The van der Waals surface area contributed by atoms with Crippen molar-refractivity contribution in [3.63, 3.8) is 0 Å². The summed E-state index contributed by atoms with van der Waals surface area (Å²) < 4.78 is 1.68. The fraction of sp³-hybridized carbons (Fsp3) is 0.250. The largest absolute Gasteiger partial charge is 0.505 e. The topological polar surface area (TPSA) is 106 Å². The van der Waals surface area contributed by atoms with E-state index in [0.717, 1.165) is 6.42 Å². The number of aromatic hydroxyl groups is 1. The van der Waals surface area contributed by atoms with Gasteiger partial charge >= 0.3 is 0 Å². The van der Waals surface area contributed by atoms with E-state index in [9.17, 15) is 9.90 Å². The van der Waals surface area contributed by atoms with Gasteiger partial charge < -0.3 is 16.2 Å². The number of phenolic OH excluding ortho intramolecular Hbond substituents is 1. The molecule has 1 heterocycles. The van der Waals surface area contributed by atoms with E-state index in [4.69, 9.17) is 5.73 Å². The average Bonchev–Trinajstić information content (AvgIpc) is 2.91. The molecule has 0 bridgehead atoms. The zero-order chi connectivity index (χ0) is 13.7. The SMILES string of the molecule is Nc1cccc(C(=O)NCCCn2ccnn2)c1O. The Labute approximate surface area is 110 Å². The number of nitrogens with zero attached hydrogens (tertiary/aromatic N) is 3. The first-order valence-corrected chi connectivity index (χ1v) is 5.88. The lowest BCUT2D eigenvalue weighted by molar-refractivity contribution is 0.0950. The predicted octanol–water partition coefficient (Wildman–Crippen LogP) is 0.386. The quantitative estimate of drug-likeness (QED) is 0.410. The number of nitrogens with one attached hydrogen (secondary N) is 1. The number of hydrogen-bond acceptors (Lipinski definition) is 5. The van der Waals surface area contributed by atoms with Gasteiger partial charge in [0.25, 0.3) is 5.91 Å². The van der Waals surface area contributed by atoms with E-state index >= 15 is 0 Å². The van der Waals surface area contributed by atoms with Crippen molar-refractivity contribution in [2.45, 2.75) is 13.0 Å². The monoisotopic (exact) mass is 261 g/mol. The second kappa shape index (κ2) is 5.85. The lowest BCUT2D eigenvalue weighted by Gasteiger charge is -2.08. The van der Waals surface area contributed by atoms with Gasteiger partial charge in [0.2, 0.25) is 0 Å². The van der Waals surface area contributed by atoms with E-state index in [1.807, 2.05) is 0 Å². The average molecular weight is 261 g/mol. The van der Waals surface area contributed by atoms with Crippen LogP contribution in [0.5, 0.6) is 5.75 Å². The van der Waals surface area contributed by atoms with E-state index in [-0.39, 0.29) is 22.9 Å². The highest BCUT2D eigenvalue weighted by atomic mass is 16.3. The first-order valence-electron chi connectivity index (χ1n) is 5.88. The van der Waals surface area contributed by atoms with Crippen LogP contribution >= 0.6 is 0 Å². The maximum Gasteiger partial charge on any atom is 0.255 e. The van der Waals surface area contributed by atoms with Gasteiger partial charge in [0.1, 0.15) is 0 Å². The Morgan fingerprint density at radius 1 is 1.47 bits per heavy atom. The number of aryl methyl sites for hydroxylation is 1. The first kappa shape index (κ1) is 12.9. The van der Waals surface area contributed by atoms with Crippen LogP contribution in [0.15, 0.2) is 30.6 Å². The van der Waals surface area contributed by atoms with Crippen molar-refractivity contribution in [2.75, 3.05) is 12.3 Å². The molecule has 1 aromatic heterocycles. The highest BCUT2D eigenvalue weighted by Crippen LogP contribution is 2.23. The number of benzene rings is 1. The Hall–Kier alpha value is -2.57. The summed E-state index contributed by atoms with van der Waals surface area (Å²) in [6.07, 6.45) is 4.08. The maximum atomic E-state index is 11.8. The summed E-state index contributed by atoms with van der Waals surface area (Å²) in [6, 6.07) is 4.69. The van der Waals surface area contributed by atoms with Crippen LogP contribution in [0.25, 0.3) is 0 Å². The van der Waals surface area contributed by atoms with Crippen molar-refractivity contribution >= 4 is 11.6 Å². The second-order valence-corrected chi connectivity index (χ2v) is 4.02. The minimum Gasteiger partial charge on any atom is -0.505 e. The molecular formula is C12H15N5O2.